The van der Waals surface area contributed by atoms with Gasteiger partial charge in [-0.2, -0.15) is 11.3 Å². The number of nitrogens with one attached hydrogen (secondary N) is 1. The number of hydrogen-bond donors (Lipinski definition) is 1. The maximum atomic E-state index is 13.2. The fraction of sp³-hybridized carbons (Fsp3) is 0.286. The van der Waals surface area contributed by atoms with Crippen LogP contribution in [0.25, 0.3) is 0 Å². The van der Waals surface area contributed by atoms with Gasteiger partial charge in [-0.05, 0) is 75.9 Å². The van der Waals surface area contributed by atoms with Gasteiger partial charge in [-0.15, -0.1) is 0 Å². The Balaban J connectivity index is 2.03. The van der Waals surface area contributed by atoms with Gasteiger partial charge in [0.15, 0.2) is 0 Å². The molecule has 0 saturated carbocycles. The summed E-state index contributed by atoms with van der Waals surface area (Å²) in [6.45, 7) is 0. The largest absolute Gasteiger partial charge is 0.316 e. The molecule has 0 bridgehead atoms. The first-order valence-electron chi connectivity index (χ1n) is 5.81. The minimum Gasteiger partial charge on any atom is -0.316 e. The molecule has 18 heavy (non-hydrogen) atoms. The molecule has 2 aromatic rings. The second-order valence-corrected chi connectivity index (χ2v) is 5.91. The van der Waals surface area contributed by atoms with E-state index in [-0.39, 0.29) is 5.82 Å². The van der Waals surface area contributed by atoms with E-state index in [1.807, 2.05) is 19.2 Å². The Kier molecular flexibility index (Phi) is 4.92. The third kappa shape index (κ3) is 3.64. The molecular weight excluding hydrogens is 313 g/mol. The van der Waals surface area contributed by atoms with Crippen LogP contribution in [0.5, 0.6) is 0 Å². The number of halogens is 2. The molecule has 1 atom stereocenters. The lowest BCUT2D eigenvalue weighted by Crippen LogP contribution is -2.29. The van der Waals surface area contributed by atoms with E-state index < -0.39 is 0 Å². The van der Waals surface area contributed by atoms with Crippen molar-refractivity contribution in [1.82, 2.24) is 5.32 Å². The molecule has 0 fully saturated rings. The van der Waals surface area contributed by atoms with Crippen LogP contribution in [0, 0.1) is 5.82 Å². The van der Waals surface area contributed by atoms with Gasteiger partial charge in [-0.25, -0.2) is 4.39 Å². The molecule has 0 radical (unpaired) electrons. The molecule has 1 heterocycles. The van der Waals surface area contributed by atoms with Gasteiger partial charge in [0.05, 0.1) is 4.47 Å². The molecule has 0 saturated heterocycles. The van der Waals surface area contributed by atoms with Crippen molar-refractivity contribution in [3.63, 3.8) is 0 Å². The Hall–Kier alpha value is -0.710. The molecular formula is C14H15BrFNS. The van der Waals surface area contributed by atoms with E-state index in [0.717, 1.165) is 18.4 Å². The molecule has 0 aliphatic carbocycles. The van der Waals surface area contributed by atoms with Gasteiger partial charge in [-0.1, -0.05) is 6.07 Å². The van der Waals surface area contributed by atoms with E-state index >= 15 is 0 Å². The van der Waals surface area contributed by atoms with Crippen LogP contribution in [0.15, 0.2) is 39.5 Å². The van der Waals surface area contributed by atoms with Gasteiger partial charge >= 0.3 is 0 Å². The van der Waals surface area contributed by atoms with Gasteiger partial charge in [0.2, 0.25) is 0 Å². The molecule has 4 heteroatoms. The van der Waals surface area contributed by atoms with Crippen LogP contribution >= 0.6 is 27.3 Å². The van der Waals surface area contributed by atoms with Crippen LogP contribution in [0.3, 0.4) is 0 Å². The molecule has 1 aromatic heterocycles. The zero-order chi connectivity index (χ0) is 13.0. The molecule has 1 N–H and O–H groups in total. The van der Waals surface area contributed by atoms with Crippen molar-refractivity contribution in [2.24, 2.45) is 0 Å². The van der Waals surface area contributed by atoms with Crippen LogP contribution < -0.4 is 5.32 Å². The van der Waals surface area contributed by atoms with Gasteiger partial charge in [0, 0.05) is 6.04 Å². The Labute approximate surface area is 119 Å². The Morgan fingerprint density at radius 1 is 1.28 bits per heavy atom. The maximum absolute atomic E-state index is 13.2. The summed E-state index contributed by atoms with van der Waals surface area (Å²) in [6, 6.07) is 7.73. The molecule has 0 spiro atoms. The first-order chi connectivity index (χ1) is 8.69. The zero-order valence-corrected chi connectivity index (χ0v) is 12.5. The van der Waals surface area contributed by atoms with Crippen molar-refractivity contribution in [2.75, 3.05) is 7.05 Å². The van der Waals surface area contributed by atoms with Gasteiger partial charge in [-0.3, -0.25) is 0 Å². The predicted molar refractivity (Wildman–Crippen MR) is 78.7 cm³/mol. The van der Waals surface area contributed by atoms with E-state index in [1.54, 1.807) is 11.3 Å². The number of hydrogen-bond acceptors (Lipinski definition) is 2. The SMILES string of the molecule is CNC(Cc1ccsc1)Cc1ccc(F)c(Br)c1. The van der Waals surface area contributed by atoms with Crippen molar-refractivity contribution in [1.29, 1.82) is 0 Å². The highest BCUT2D eigenvalue weighted by Crippen LogP contribution is 2.19. The number of likely N-dealkylation sites (N-methyl/N-ethyl adjacent to an activating group) is 1. The maximum Gasteiger partial charge on any atom is 0.137 e. The minimum absolute atomic E-state index is 0.211. The molecule has 2 rings (SSSR count). The van der Waals surface area contributed by atoms with E-state index in [0.29, 0.717) is 10.5 Å². The van der Waals surface area contributed by atoms with Crippen molar-refractivity contribution < 1.29 is 4.39 Å². The monoisotopic (exact) mass is 327 g/mol. The zero-order valence-electron chi connectivity index (χ0n) is 10.1. The topological polar surface area (TPSA) is 12.0 Å². The van der Waals surface area contributed by atoms with Crippen molar-refractivity contribution >= 4 is 27.3 Å². The molecule has 96 valence electrons. The van der Waals surface area contributed by atoms with E-state index in [2.05, 4.69) is 38.1 Å². The standard InChI is InChI=1S/C14H15BrFNS/c1-17-12(7-11-4-5-18-9-11)6-10-2-3-14(16)13(15)8-10/h2-5,8-9,12,17H,6-7H2,1H3. The fourth-order valence-corrected chi connectivity index (χ4v) is 3.03. The first kappa shape index (κ1) is 13.7. The highest BCUT2D eigenvalue weighted by atomic mass is 79.9. The average Bonchev–Trinajstić information content (AvgIpc) is 2.86. The Bertz CT molecular complexity index is 499. The van der Waals surface area contributed by atoms with Crippen LogP contribution in [0.2, 0.25) is 0 Å². The summed E-state index contributed by atoms with van der Waals surface area (Å²) in [5.74, 6) is -0.211. The van der Waals surface area contributed by atoms with E-state index in [9.17, 15) is 4.39 Å². The minimum atomic E-state index is -0.211. The van der Waals surface area contributed by atoms with Crippen molar-refractivity contribution in [3.05, 3.63) is 56.4 Å². The molecule has 0 amide bonds. The van der Waals surface area contributed by atoms with Crippen molar-refractivity contribution in [3.8, 4) is 0 Å². The van der Waals surface area contributed by atoms with E-state index in [1.165, 1.54) is 11.6 Å². The number of benzene rings is 1. The summed E-state index contributed by atoms with van der Waals surface area (Å²) in [5, 5.41) is 7.58. The second kappa shape index (κ2) is 6.45. The lowest BCUT2D eigenvalue weighted by atomic mass is 10.0. The summed E-state index contributed by atoms with van der Waals surface area (Å²) in [4.78, 5) is 0. The predicted octanol–water partition coefficient (Wildman–Crippen LogP) is 4.02. The second-order valence-electron chi connectivity index (χ2n) is 4.27. The highest BCUT2D eigenvalue weighted by Gasteiger charge is 2.10. The van der Waals surface area contributed by atoms with Crippen LogP contribution in [-0.4, -0.2) is 13.1 Å². The summed E-state index contributed by atoms with van der Waals surface area (Å²) in [7, 11) is 1.97. The number of thiophene rings is 1. The van der Waals surface area contributed by atoms with Crippen molar-refractivity contribution in [2.45, 2.75) is 18.9 Å². The highest BCUT2D eigenvalue weighted by molar-refractivity contribution is 9.10. The third-order valence-electron chi connectivity index (χ3n) is 2.94. The Morgan fingerprint density at radius 3 is 2.67 bits per heavy atom. The lowest BCUT2D eigenvalue weighted by molar-refractivity contribution is 0.555. The molecule has 0 aliphatic rings. The van der Waals surface area contributed by atoms with Crippen LogP contribution in [0.1, 0.15) is 11.1 Å². The third-order valence-corrected chi connectivity index (χ3v) is 4.28. The fourth-order valence-electron chi connectivity index (χ4n) is 1.92. The molecule has 0 aliphatic heterocycles. The summed E-state index contributed by atoms with van der Waals surface area (Å²) >= 11 is 4.94. The van der Waals surface area contributed by atoms with Gasteiger partial charge in [0.1, 0.15) is 5.82 Å². The van der Waals surface area contributed by atoms with E-state index in [4.69, 9.17) is 0 Å². The lowest BCUT2D eigenvalue weighted by Gasteiger charge is -2.15. The van der Waals surface area contributed by atoms with Gasteiger partial charge in [0.25, 0.3) is 0 Å². The molecule has 1 aromatic carbocycles. The number of rotatable bonds is 5. The Morgan fingerprint density at radius 2 is 2.06 bits per heavy atom. The smallest absolute Gasteiger partial charge is 0.137 e. The van der Waals surface area contributed by atoms with Gasteiger partial charge < -0.3 is 5.32 Å². The average molecular weight is 328 g/mol. The molecule has 1 unspecified atom stereocenters. The van der Waals surface area contributed by atoms with Crippen LogP contribution in [-0.2, 0) is 12.8 Å². The van der Waals surface area contributed by atoms with Crippen LogP contribution in [0.4, 0.5) is 4.39 Å². The quantitative estimate of drug-likeness (QED) is 0.874. The summed E-state index contributed by atoms with van der Waals surface area (Å²) < 4.78 is 13.7. The summed E-state index contributed by atoms with van der Waals surface area (Å²) in [5.41, 5.74) is 2.48. The normalized spacial score (nSPS) is 12.6. The first-order valence-corrected chi connectivity index (χ1v) is 7.55. The molecule has 1 nitrogen and oxygen atoms in total. The summed E-state index contributed by atoms with van der Waals surface area (Å²) in [6.07, 6.45) is 1.89.